The molecule has 0 bridgehead atoms. The molecular formula is C18H30BN3O3. The minimum Gasteiger partial charge on any atom is -0.370 e. The van der Waals surface area contributed by atoms with Crippen molar-refractivity contribution in [2.24, 2.45) is 5.92 Å². The highest BCUT2D eigenvalue weighted by Crippen LogP contribution is 2.12. The van der Waals surface area contributed by atoms with E-state index in [1.165, 1.54) is 5.56 Å². The van der Waals surface area contributed by atoms with E-state index in [4.69, 9.17) is 4.74 Å². The maximum atomic E-state index is 12.5. The second-order valence-corrected chi connectivity index (χ2v) is 6.45. The standard InChI is InChI=1S/C18H30BN3O3/c1-13(2)10-16(22-17(23)12-25-9-8-20-3)18(24)21-15-6-4-14(11-19)5-7-15/h4-7,13,16,20H,8-12,19H2,1-3H3,(H,21,24)(H,22,23). The molecule has 7 heteroatoms. The maximum Gasteiger partial charge on any atom is 0.246 e. The van der Waals surface area contributed by atoms with Crippen LogP contribution in [0, 0.1) is 5.92 Å². The largest absolute Gasteiger partial charge is 0.370 e. The summed E-state index contributed by atoms with van der Waals surface area (Å²) in [6.07, 6.45) is 1.52. The van der Waals surface area contributed by atoms with Crippen molar-refractivity contribution in [3.63, 3.8) is 0 Å². The van der Waals surface area contributed by atoms with Crippen LogP contribution >= 0.6 is 0 Å². The van der Waals surface area contributed by atoms with E-state index < -0.39 is 6.04 Å². The topological polar surface area (TPSA) is 79.5 Å². The molecule has 1 aromatic carbocycles. The number of anilines is 1. The molecule has 0 aliphatic rings. The van der Waals surface area contributed by atoms with Crippen LogP contribution in [-0.2, 0) is 20.6 Å². The Morgan fingerprint density at radius 3 is 2.44 bits per heavy atom. The third-order valence-electron chi connectivity index (χ3n) is 3.72. The Morgan fingerprint density at radius 1 is 1.20 bits per heavy atom. The highest BCUT2D eigenvalue weighted by Gasteiger charge is 2.22. The van der Waals surface area contributed by atoms with Gasteiger partial charge in [0.05, 0.1) is 6.61 Å². The van der Waals surface area contributed by atoms with E-state index in [1.807, 2.05) is 45.2 Å². The maximum absolute atomic E-state index is 12.5. The van der Waals surface area contributed by atoms with Gasteiger partial charge in [-0.2, -0.15) is 0 Å². The summed E-state index contributed by atoms with van der Waals surface area (Å²) in [6, 6.07) is 7.16. The molecule has 0 aromatic heterocycles. The molecule has 1 atom stereocenters. The lowest BCUT2D eigenvalue weighted by atomic mass is 9.97. The number of nitrogens with one attached hydrogen (secondary N) is 3. The zero-order valence-electron chi connectivity index (χ0n) is 15.7. The Labute approximate surface area is 151 Å². The van der Waals surface area contributed by atoms with Gasteiger partial charge in [-0.3, -0.25) is 9.59 Å². The number of carbonyl (C=O) groups is 2. The summed E-state index contributed by atoms with van der Waals surface area (Å²) >= 11 is 0. The predicted molar refractivity (Wildman–Crippen MR) is 103 cm³/mol. The van der Waals surface area contributed by atoms with Crippen molar-refractivity contribution in [2.75, 3.05) is 32.1 Å². The van der Waals surface area contributed by atoms with Gasteiger partial charge in [0.25, 0.3) is 0 Å². The van der Waals surface area contributed by atoms with Gasteiger partial charge in [-0.25, -0.2) is 0 Å². The molecule has 0 saturated carbocycles. The predicted octanol–water partition coefficient (Wildman–Crippen LogP) is 0.525. The van der Waals surface area contributed by atoms with Gasteiger partial charge in [-0.1, -0.05) is 37.9 Å². The molecule has 0 aliphatic carbocycles. The Hall–Kier alpha value is -1.86. The van der Waals surface area contributed by atoms with E-state index in [2.05, 4.69) is 23.8 Å². The number of hydrogen-bond acceptors (Lipinski definition) is 4. The van der Waals surface area contributed by atoms with Crippen LogP contribution in [0.25, 0.3) is 0 Å². The molecule has 0 fully saturated rings. The summed E-state index contributed by atoms with van der Waals surface area (Å²) in [5.41, 5.74) is 1.94. The van der Waals surface area contributed by atoms with E-state index in [-0.39, 0.29) is 24.3 Å². The number of benzene rings is 1. The SMILES string of the molecule is BCc1ccc(NC(=O)C(CC(C)C)NC(=O)COCCNC)cc1. The molecule has 0 radical (unpaired) electrons. The Balaban J connectivity index is 2.59. The fourth-order valence-corrected chi connectivity index (χ4v) is 2.33. The second-order valence-electron chi connectivity index (χ2n) is 6.45. The Morgan fingerprint density at radius 2 is 1.88 bits per heavy atom. The number of ether oxygens (including phenoxy) is 1. The van der Waals surface area contributed by atoms with Gasteiger partial charge in [0.1, 0.15) is 20.5 Å². The third kappa shape index (κ3) is 8.70. The molecule has 1 rings (SSSR count). The molecule has 138 valence electrons. The smallest absolute Gasteiger partial charge is 0.246 e. The summed E-state index contributed by atoms with van der Waals surface area (Å²) in [7, 11) is 3.90. The summed E-state index contributed by atoms with van der Waals surface area (Å²) < 4.78 is 5.26. The first kappa shape index (κ1) is 21.2. The number of amides is 2. The van der Waals surface area contributed by atoms with Crippen molar-refractivity contribution >= 4 is 25.3 Å². The molecule has 0 heterocycles. The highest BCUT2D eigenvalue weighted by atomic mass is 16.5. The molecule has 6 nitrogen and oxygen atoms in total. The van der Waals surface area contributed by atoms with Crippen LogP contribution in [-0.4, -0.2) is 52.5 Å². The lowest BCUT2D eigenvalue weighted by Crippen LogP contribution is -2.46. The third-order valence-corrected chi connectivity index (χ3v) is 3.72. The van der Waals surface area contributed by atoms with Crippen LogP contribution in [0.5, 0.6) is 0 Å². The first-order chi connectivity index (χ1) is 12.0. The van der Waals surface area contributed by atoms with Crippen LogP contribution in [0.1, 0.15) is 25.8 Å². The van der Waals surface area contributed by atoms with E-state index in [0.29, 0.717) is 19.6 Å². The van der Waals surface area contributed by atoms with Gasteiger partial charge in [0.2, 0.25) is 11.8 Å². The molecule has 0 spiro atoms. The summed E-state index contributed by atoms with van der Waals surface area (Å²) in [5, 5.41) is 8.59. The number of rotatable bonds is 11. The van der Waals surface area contributed by atoms with Gasteiger partial charge >= 0.3 is 0 Å². The minimum absolute atomic E-state index is 0.0469. The number of likely N-dealkylation sites (N-methyl/N-ethyl adjacent to an activating group) is 1. The van der Waals surface area contributed by atoms with Gasteiger partial charge in [0.15, 0.2) is 0 Å². The first-order valence-electron chi connectivity index (χ1n) is 8.87. The zero-order valence-corrected chi connectivity index (χ0v) is 15.7. The van der Waals surface area contributed by atoms with E-state index in [0.717, 1.165) is 12.0 Å². The summed E-state index contributed by atoms with van der Waals surface area (Å²) in [5.74, 6) is -0.205. The fraction of sp³-hybridized carbons (Fsp3) is 0.556. The molecule has 0 saturated heterocycles. The lowest BCUT2D eigenvalue weighted by Gasteiger charge is -2.20. The molecule has 3 N–H and O–H groups in total. The number of hydrogen-bond donors (Lipinski definition) is 3. The van der Waals surface area contributed by atoms with Crippen molar-refractivity contribution in [3.05, 3.63) is 29.8 Å². The van der Waals surface area contributed by atoms with Crippen molar-refractivity contribution < 1.29 is 14.3 Å². The van der Waals surface area contributed by atoms with Crippen molar-refractivity contribution in [1.82, 2.24) is 10.6 Å². The number of carbonyl (C=O) groups excluding carboxylic acids is 2. The Bertz CT molecular complexity index is 535. The second kappa shape index (κ2) is 11.7. The lowest BCUT2D eigenvalue weighted by molar-refractivity contribution is -0.130. The van der Waals surface area contributed by atoms with Crippen LogP contribution in [0.15, 0.2) is 24.3 Å². The molecule has 1 aromatic rings. The van der Waals surface area contributed by atoms with Gasteiger partial charge < -0.3 is 20.7 Å². The van der Waals surface area contributed by atoms with Gasteiger partial charge in [-0.05, 0) is 31.5 Å². The molecule has 2 amide bonds. The van der Waals surface area contributed by atoms with Crippen molar-refractivity contribution in [3.8, 4) is 0 Å². The highest BCUT2D eigenvalue weighted by molar-refractivity contribution is 6.08. The van der Waals surface area contributed by atoms with Crippen LogP contribution < -0.4 is 16.0 Å². The van der Waals surface area contributed by atoms with E-state index in [9.17, 15) is 9.59 Å². The average Bonchev–Trinajstić information content (AvgIpc) is 2.58. The zero-order chi connectivity index (χ0) is 18.7. The van der Waals surface area contributed by atoms with E-state index >= 15 is 0 Å². The monoisotopic (exact) mass is 347 g/mol. The fourth-order valence-electron chi connectivity index (χ4n) is 2.33. The summed E-state index contributed by atoms with van der Waals surface area (Å²) in [6.45, 7) is 5.12. The van der Waals surface area contributed by atoms with E-state index in [1.54, 1.807) is 0 Å². The summed E-state index contributed by atoms with van der Waals surface area (Å²) in [4.78, 5) is 24.5. The molecule has 25 heavy (non-hydrogen) atoms. The molecule has 0 aliphatic heterocycles. The van der Waals surface area contributed by atoms with Crippen LogP contribution in [0.4, 0.5) is 5.69 Å². The average molecular weight is 347 g/mol. The van der Waals surface area contributed by atoms with Gasteiger partial charge in [-0.15, -0.1) is 0 Å². The molecular weight excluding hydrogens is 317 g/mol. The minimum atomic E-state index is -0.578. The normalized spacial score (nSPS) is 12.0. The molecule has 1 unspecified atom stereocenters. The van der Waals surface area contributed by atoms with Crippen molar-refractivity contribution in [1.29, 1.82) is 0 Å². The van der Waals surface area contributed by atoms with Crippen LogP contribution in [0.3, 0.4) is 0 Å². The Kier molecular flexibility index (Phi) is 9.88. The quantitative estimate of drug-likeness (QED) is 0.403. The first-order valence-corrected chi connectivity index (χ1v) is 8.87. The van der Waals surface area contributed by atoms with Crippen LogP contribution in [0.2, 0.25) is 0 Å². The van der Waals surface area contributed by atoms with Gasteiger partial charge in [0, 0.05) is 12.2 Å². The van der Waals surface area contributed by atoms with Crippen molar-refractivity contribution in [2.45, 2.75) is 32.6 Å².